The van der Waals surface area contributed by atoms with Crippen molar-refractivity contribution in [3.63, 3.8) is 0 Å². The van der Waals surface area contributed by atoms with Crippen molar-refractivity contribution in [2.45, 2.75) is 25.7 Å². The van der Waals surface area contributed by atoms with Crippen LogP contribution in [0.4, 0.5) is 0 Å². The standard InChI is InChI=1S/C18H20ClNO/c1-2-15(16-6-4-3-5-7-16)13-20-18(21)12-14-8-10-17(19)11-9-14/h3-11,15H,2,12-13H2,1H3,(H,20,21). The first-order valence-electron chi connectivity index (χ1n) is 7.25. The van der Waals surface area contributed by atoms with Crippen LogP contribution in [0.3, 0.4) is 0 Å². The van der Waals surface area contributed by atoms with Crippen molar-refractivity contribution in [2.24, 2.45) is 0 Å². The minimum Gasteiger partial charge on any atom is -0.355 e. The number of rotatable bonds is 6. The molecule has 0 fully saturated rings. The Morgan fingerprint density at radius 1 is 1.10 bits per heavy atom. The summed E-state index contributed by atoms with van der Waals surface area (Å²) in [6, 6.07) is 17.7. The van der Waals surface area contributed by atoms with Crippen LogP contribution in [-0.4, -0.2) is 12.5 Å². The second kappa shape index (κ2) is 7.84. The minimum atomic E-state index is 0.0479. The molecule has 0 heterocycles. The topological polar surface area (TPSA) is 29.1 Å². The first kappa shape index (κ1) is 15.6. The summed E-state index contributed by atoms with van der Waals surface area (Å²) in [7, 11) is 0. The summed E-state index contributed by atoms with van der Waals surface area (Å²) in [4.78, 5) is 12.0. The molecule has 110 valence electrons. The molecule has 2 aromatic rings. The van der Waals surface area contributed by atoms with E-state index in [0.29, 0.717) is 23.9 Å². The summed E-state index contributed by atoms with van der Waals surface area (Å²) in [6.07, 6.45) is 1.40. The third kappa shape index (κ3) is 4.91. The molecule has 1 amide bonds. The van der Waals surface area contributed by atoms with Gasteiger partial charge in [0.05, 0.1) is 6.42 Å². The Hall–Kier alpha value is -1.80. The zero-order valence-corrected chi connectivity index (χ0v) is 12.9. The molecule has 3 heteroatoms. The van der Waals surface area contributed by atoms with Gasteiger partial charge in [-0.2, -0.15) is 0 Å². The number of nitrogens with one attached hydrogen (secondary N) is 1. The Morgan fingerprint density at radius 3 is 2.38 bits per heavy atom. The number of carbonyl (C=O) groups excluding carboxylic acids is 1. The van der Waals surface area contributed by atoms with E-state index in [4.69, 9.17) is 11.6 Å². The van der Waals surface area contributed by atoms with Gasteiger partial charge < -0.3 is 5.32 Å². The molecule has 0 radical (unpaired) electrons. The van der Waals surface area contributed by atoms with E-state index in [1.807, 2.05) is 42.5 Å². The summed E-state index contributed by atoms with van der Waals surface area (Å²) >= 11 is 5.84. The zero-order valence-electron chi connectivity index (χ0n) is 12.2. The molecular formula is C18H20ClNO. The Balaban J connectivity index is 1.86. The molecule has 0 aliphatic rings. The van der Waals surface area contributed by atoms with Crippen LogP contribution in [0.15, 0.2) is 54.6 Å². The molecule has 2 rings (SSSR count). The first-order valence-corrected chi connectivity index (χ1v) is 7.63. The minimum absolute atomic E-state index is 0.0479. The van der Waals surface area contributed by atoms with Gasteiger partial charge in [-0.3, -0.25) is 4.79 Å². The van der Waals surface area contributed by atoms with E-state index in [1.165, 1.54) is 5.56 Å². The predicted molar refractivity (Wildman–Crippen MR) is 87.6 cm³/mol. The number of halogens is 1. The lowest BCUT2D eigenvalue weighted by molar-refractivity contribution is -0.120. The van der Waals surface area contributed by atoms with Crippen molar-refractivity contribution in [3.8, 4) is 0 Å². The molecule has 0 aromatic heterocycles. The fourth-order valence-electron chi connectivity index (χ4n) is 2.31. The number of carbonyl (C=O) groups is 1. The van der Waals surface area contributed by atoms with Crippen LogP contribution in [-0.2, 0) is 11.2 Å². The highest BCUT2D eigenvalue weighted by atomic mass is 35.5. The van der Waals surface area contributed by atoms with Gasteiger partial charge in [0, 0.05) is 17.5 Å². The fraction of sp³-hybridized carbons (Fsp3) is 0.278. The highest BCUT2D eigenvalue weighted by Gasteiger charge is 2.11. The first-order chi connectivity index (χ1) is 10.2. The third-order valence-corrected chi connectivity index (χ3v) is 3.84. The van der Waals surface area contributed by atoms with Gasteiger partial charge in [-0.05, 0) is 29.7 Å². The average molecular weight is 302 g/mol. The molecular weight excluding hydrogens is 282 g/mol. The fourth-order valence-corrected chi connectivity index (χ4v) is 2.44. The van der Waals surface area contributed by atoms with Crippen LogP contribution in [0, 0.1) is 0 Å². The normalized spacial score (nSPS) is 11.9. The highest BCUT2D eigenvalue weighted by molar-refractivity contribution is 6.30. The van der Waals surface area contributed by atoms with Crippen LogP contribution in [0.5, 0.6) is 0 Å². The molecule has 0 aliphatic heterocycles. The molecule has 0 bridgehead atoms. The second-order valence-electron chi connectivity index (χ2n) is 5.12. The SMILES string of the molecule is CCC(CNC(=O)Cc1ccc(Cl)cc1)c1ccccc1. The zero-order chi connectivity index (χ0) is 15.1. The van der Waals surface area contributed by atoms with Crippen molar-refractivity contribution in [1.82, 2.24) is 5.32 Å². The largest absolute Gasteiger partial charge is 0.355 e. The van der Waals surface area contributed by atoms with Crippen molar-refractivity contribution in [3.05, 3.63) is 70.7 Å². The quantitative estimate of drug-likeness (QED) is 0.851. The van der Waals surface area contributed by atoms with E-state index in [9.17, 15) is 4.79 Å². The molecule has 2 nitrogen and oxygen atoms in total. The second-order valence-corrected chi connectivity index (χ2v) is 5.56. The lowest BCUT2D eigenvalue weighted by Crippen LogP contribution is -2.29. The number of hydrogen-bond acceptors (Lipinski definition) is 1. The van der Waals surface area contributed by atoms with Crippen LogP contribution in [0.25, 0.3) is 0 Å². The maximum Gasteiger partial charge on any atom is 0.224 e. The van der Waals surface area contributed by atoms with Crippen molar-refractivity contribution >= 4 is 17.5 Å². The molecule has 1 N–H and O–H groups in total. The Labute approximate surface area is 131 Å². The molecule has 1 unspecified atom stereocenters. The summed E-state index contributed by atoms with van der Waals surface area (Å²) in [6.45, 7) is 2.82. The van der Waals surface area contributed by atoms with E-state index in [1.54, 1.807) is 0 Å². The van der Waals surface area contributed by atoms with Gasteiger partial charge in [-0.25, -0.2) is 0 Å². The van der Waals surface area contributed by atoms with E-state index < -0.39 is 0 Å². The third-order valence-electron chi connectivity index (χ3n) is 3.59. The molecule has 21 heavy (non-hydrogen) atoms. The van der Waals surface area contributed by atoms with Gasteiger partial charge in [-0.15, -0.1) is 0 Å². The Bertz CT molecular complexity index is 566. The summed E-state index contributed by atoms with van der Waals surface area (Å²) in [5, 5.41) is 3.71. The summed E-state index contributed by atoms with van der Waals surface area (Å²) in [5.41, 5.74) is 2.25. The number of amides is 1. The maximum absolute atomic E-state index is 12.0. The van der Waals surface area contributed by atoms with Crippen LogP contribution >= 0.6 is 11.6 Å². The number of hydrogen-bond donors (Lipinski definition) is 1. The smallest absolute Gasteiger partial charge is 0.224 e. The van der Waals surface area contributed by atoms with Crippen LogP contribution < -0.4 is 5.32 Å². The molecule has 0 spiro atoms. The summed E-state index contributed by atoms with van der Waals surface area (Å²) in [5.74, 6) is 0.409. The Morgan fingerprint density at radius 2 is 1.76 bits per heavy atom. The van der Waals surface area contributed by atoms with Gasteiger partial charge in [-0.1, -0.05) is 61.0 Å². The molecule has 0 saturated carbocycles. The predicted octanol–water partition coefficient (Wildman–Crippen LogP) is 4.19. The highest BCUT2D eigenvalue weighted by Crippen LogP contribution is 2.18. The van der Waals surface area contributed by atoms with E-state index in [2.05, 4.69) is 24.4 Å². The van der Waals surface area contributed by atoms with E-state index in [0.717, 1.165) is 12.0 Å². The van der Waals surface area contributed by atoms with Gasteiger partial charge in [0.15, 0.2) is 0 Å². The molecule has 0 aliphatic carbocycles. The monoisotopic (exact) mass is 301 g/mol. The van der Waals surface area contributed by atoms with Gasteiger partial charge in [0.2, 0.25) is 5.91 Å². The van der Waals surface area contributed by atoms with Crippen LogP contribution in [0.1, 0.15) is 30.4 Å². The lowest BCUT2D eigenvalue weighted by atomic mass is 9.96. The van der Waals surface area contributed by atoms with E-state index in [-0.39, 0.29) is 5.91 Å². The van der Waals surface area contributed by atoms with Crippen molar-refractivity contribution in [2.75, 3.05) is 6.54 Å². The van der Waals surface area contributed by atoms with Gasteiger partial charge >= 0.3 is 0 Å². The van der Waals surface area contributed by atoms with Crippen molar-refractivity contribution < 1.29 is 4.79 Å². The molecule has 1 atom stereocenters. The maximum atomic E-state index is 12.0. The summed E-state index contributed by atoms with van der Waals surface area (Å²) < 4.78 is 0. The van der Waals surface area contributed by atoms with Crippen molar-refractivity contribution in [1.29, 1.82) is 0 Å². The Kier molecular flexibility index (Phi) is 5.82. The molecule has 2 aromatic carbocycles. The average Bonchev–Trinajstić information content (AvgIpc) is 2.51. The lowest BCUT2D eigenvalue weighted by Gasteiger charge is -2.16. The van der Waals surface area contributed by atoms with Gasteiger partial charge in [0.1, 0.15) is 0 Å². The van der Waals surface area contributed by atoms with Gasteiger partial charge in [0.25, 0.3) is 0 Å². The van der Waals surface area contributed by atoms with Crippen LogP contribution in [0.2, 0.25) is 5.02 Å². The molecule has 0 saturated heterocycles. The number of benzene rings is 2. The van der Waals surface area contributed by atoms with E-state index >= 15 is 0 Å².